The molecule has 30 nitrogen and oxygen atoms in total. The Labute approximate surface area is 504 Å². The molecular formula is C57H96O30. The molecule has 0 bridgehead atoms. The monoisotopic (exact) mass is 1260 g/mol. The summed E-state index contributed by atoms with van der Waals surface area (Å²) in [6.45, 7) is 23.1. The Morgan fingerprint density at radius 2 is 0.391 bits per heavy atom. The first-order valence-electron chi connectivity index (χ1n) is 27.9. The minimum Gasteiger partial charge on any atom is -0.479 e. The van der Waals surface area contributed by atoms with E-state index in [-0.39, 0.29) is 0 Å². The third kappa shape index (κ3) is 7.71. The van der Waals surface area contributed by atoms with E-state index in [1.807, 2.05) is 0 Å². The zero-order chi connectivity index (χ0) is 69.5. The van der Waals surface area contributed by atoms with Crippen molar-refractivity contribution in [1.82, 2.24) is 0 Å². The number of carboxylic acids is 5. The number of carboxylic acid groups (broad SMARTS) is 5. The Balaban J connectivity index is 1.73. The Morgan fingerprint density at radius 3 is 0.563 bits per heavy atom. The number of methoxy groups -OCH3 is 1. The first-order chi connectivity index (χ1) is 37.6. The number of aliphatic hydroxyl groups is 10. The Bertz CT molecular complexity index is 2890. The number of rotatable bonds is 14. The molecule has 0 spiro atoms. The summed E-state index contributed by atoms with van der Waals surface area (Å²) < 4.78 is 62.4. The van der Waals surface area contributed by atoms with Gasteiger partial charge in [0.2, 0.25) is 0 Å². The molecule has 0 aromatic heterocycles. The molecule has 0 radical (unpaired) electrons. The standard InChI is InChI=1S/C57H96O30/c1-33(2)39(8,68)40(9,69)50(19,35(4,79-33)29(60)61)84-55(24)46(15,75)42(11,71)52(21,37(6,81-55)31(64)65)86-57(26)48(17,77)44(13,73)53(22,38(7,83-57)32(66)67)87-56(25)47(16,76)43(12,72)51(20,36(5,82-56)30(62)63)85-54(23)45(14,74)41(10,70)49(18,78-27)34(3,80-54)28(58)59/h68-77H,1-27H3,(H,58,59)(H,60,61)(H,62,63)(H,64,65)(H,66,67)/t34?,35?,36?,37-,38?,39?,40-,41-,42?,43?,44?,45?,46?,47?,48+,49+,50+,51+,52+,53+,54-,55-,56-,57-/m0/s1. The zero-order valence-electron chi connectivity index (χ0n) is 54.8. The maximum Gasteiger partial charge on any atom is 0.338 e. The average Bonchev–Trinajstić information content (AvgIpc) is 0.681. The van der Waals surface area contributed by atoms with Crippen LogP contribution in [0.4, 0.5) is 0 Å². The van der Waals surface area contributed by atoms with Gasteiger partial charge in [0.05, 0.1) is 5.60 Å². The van der Waals surface area contributed by atoms with Gasteiger partial charge in [-0.1, -0.05) is 0 Å². The second kappa shape index (κ2) is 18.7. The lowest BCUT2D eigenvalue weighted by Crippen LogP contribution is -2.93. The summed E-state index contributed by atoms with van der Waals surface area (Å²) in [7, 11) is 1.01. The third-order valence-corrected chi connectivity index (χ3v) is 24.7. The average molecular weight is 1260 g/mol. The van der Waals surface area contributed by atoms with Crippen molar-refractivity contribution in [2.45, 2.75) is 321 Å². The second-order valence-corrected chi connectivity index (χ2v) is 29.0. The van der Waals surface area contributed by atoms with Crippen LogP contribution in [0, 0.1) is 0 Å². The summed E-state index contributed by atoms with van der Waals surface area (Å²) in [6, 6.07) is 0. The van der Waals surface area contributed by atoms with Gasteiger partial charge in [-0.2, -0.15) is 0 Å². The quantitative estimate of drug-likeness (QED) is 0.109. The first-order valence-corrected chi connectivity index (χ1v) is 27.9. The lowest BCUT2D eigenvalue weighted by Gasteiger charge is -2.73. The highest BCUT2D eigenvalue weighted by Crippen LogP contribution is 2.68. The predicted molar refractivity (Wildman–Crippen MR) is 293 cm³/mol. The van der Waals surface area contributed by atoms with Gasteiger partial charge in [0.1, 0.15) is 84.0 Å². The molecule has 504 valence electrons. The van der Waals surface area contributed by atoms with E-state index in [4.69, 9.17) is 47.4 Å². The van der Waals surface area contributed by atoms with Crippen LogP contribution in [-0.4, -0.2) is 254 Å². The van der Waals surface area contributed by atoms with Gasteiger partial charge in [-0.05, 0) is 180 Å². The maximum absolute atomic E-state index is 14.2. The summed E-state index contributed by atoms with van der Waals surface area (Å²) in [4.78, 5) is 68.8. The molecule has 5 heterocycles. The highest BCUT2D eigenvalue weighted by atomic mass is 16.8. The molecule has 5 rings (SSSR count). The minimum atomic E-state index is -3.38. The van der Waals surface area contributed by atoms with Gasteiger partial charge in [0.15, 0.2) is 51.2 Å². The van der Waals surface area contributed by atoms with Crippen molar-refractivity contribution in [3.63, 3.8) is 0 Å². The van der Waals surface area contributed by atoms with E-state index in [1.165, 1.54) is 13.8 Å². The molecule has 30 heteroatoms. The number of ether oxygens (including phenoxy) is 10. The highest BCUT2D eigenvalue weighted by Gasteiger charge is 2.89. The molecule has 0 aromatic rings. The van der Waals surface area contributed by atoms with Gasteiger partial charge in [-0.3, -0.25) is 0 Å². The zero-order valence-corrected chi connectivity index (χ0v) is 54.8. The van der Waals surface area contributed by atoms with Crippen molar-refractivity contribution in [1.29, 1.82) is 0 Å². The SMILES string of the molecule is CO[C@]1(C)C(C)(C(=O)O)O[C@@](C)(O[C@]2(C)C(C)(C(=O)O)O[C@@](C)(O[C@]3(C)C(C)(C(=O)O)O[C@@](C)(O[C@@]4(C)C(C)(O)C(C)(O)[C@](C)(O[C@]5(C)C(C)(C(=O)O)OC(C)(C)C(C)(O)[C@]5(C)O)O[C@@]4(C)C(=O)O)[C@](C)(O)C3(C)O)C(C)(O)C2(C)O)C(C)(O)[C@]1(C)O. The van der Waals surface area contributed by atoms with Crippen LogP contribution >= 0.6 is 0 Å². The van der Waals surface area contributed by atoms with Gasteiger partial charge < -0.3 is 124 Å². The lowest BCUT2D eigenvalue weighted by atomic mass is 9.57. The van der Waals surface area contributed by atoms with E-state index >= 15 is 0 Å². The molecule has 0 amide bonds. The predicted octanol–water partition coefficient (Wildman–Crippen LogP) is 0.0136. The van der Waals surface area contributed by atoms with Gasteiger partial charge in [-0.25, -0.2) is 24.0 Å². The van der Waals surface area contributed by atoms with Crippen LogP contribution in [-0.2, 0) is 71.3 Å². The van der Waals surface area contributed by atoms with Gasteiger partial charge in [0.25, 0.3) is 0 Å². The summed E-state index contributed by atoms with van der Waals surface area (Å²) in [5, 5.41) is 183. The van der Waals surface area contributed by atoms with Crippen LogP contribution in [0.2, 0.25) is 0 Å². The fraction of sp³-hybridized carbons (Fsp3) is 0.912. The highest BCUT2D eigenvalue weighted by molar-refractivity contribution is 5.83. The van der Waals surface area contributed by atoms with Gasteiger partial charge in [-0.15, -0.1) is 0 Å². The van der Waals surface area contributed by atoms with E-state index in [0.717, 1.165) is 173 Å². The molecule has 24 atom stereocenters. The molecule has 15 N–H and O–H groups in total. The summed E-state index contributed by atoms with van der Waals surface area (Å²) in [6.07, 6.45) is 0. The molecule has 11 unspecified atom stereocenters. The Morgan fingerprint density at radius 1 is 0.241 bits per heavy atom. The van der Waals surface area contributed by atoms with Gasteiger partial charge in [0, 0.05) is 7.11 Å². The molecule has 5 saturated heterocycles. The normalized spacial score (nSPS) is 58.7. The topological polar surface area (TPSA) is 481 Å². The van der Waals surface area contributed by atoms with Crippen molar-refractivity contribution in [2.24, 2.45) is 0 Å². The fourth-order valence-electron chi connectivity index (χ4n) is 14.5. The Hall–Kier alpha value is -3.45. The fourth-order valence-corrected chi connectivity index (χ4v) is 14.5. The molecule has 5 fully saturated rings. The number of aliphatic carboxylic acids is 5. The van der Waals surface area contributed by atoms with E-state index in [9.17, 15) is 101 Å². The van der Waals surface area contributed by atoms with Crippen molar-refractivity contribution < 1.29 is 148 Å². The summed E-state index contributed by atoms with van der Waals surface area (Å²) >= 11 is 0. The molecule has 87 heavy (non-hydrogen) atoms. The smallest absolute Gasteiger partial charge is 0.338 e. The number of hydrogen-bond donors (Lipinski definition) is 15. The molecule has 0 aromatic carbocycles. The lowest BCUT2D eigenvalue weighted by molar-refractivity contribution is -0.543. The number of hydrogen-bond acceptors (Lipinski definition) is 25. The van der Waals surface area contributed by atoms with Crippen LogP contribution in [0.25, 0.3) is 0 Å². The molecular weight excluding hydrogens is 1160 g/mol. The molecule has 0 aliphatic carbocycles. The van der Waals surface area contributed by atoms with Crippen molar-refractivity contribution in [3.05, 3.63) is 0 Å². The molecule has 5 aliphatic rings. The van der Waals surface area contributed by atoms with Crippen LogP contribution in [0.15, 0.2) is 0 Å². The molecule has 0 saturated carbocycles. The van der Waals surface area contributed by atoms with Crippen LogP contribution < -0.4 is 0 Å². The van der Waals surface area contributed by atoms with Crippen LogP contribution in [0.3, 0.4) is 0 Å². The Kier molecular flexibility index (Phi) is 15.9. The van der Waals surface area contributed by atoms with Gasteiger partial charge >= 0.3 is 29.8 Å². The molecule has 5 aliphatic heterocycles. The maximum atomic E-state index is 14.2. The van der Waals surface area contributed by atoms with Crippen molar-refractivity contribution >= 4 is 29.8 Å². The minimum absolute atomic E-state index is 0.718. The second-order valence-electron chi connectivity index (χ2n) is 29.0. The number of carbonyl (C=O) groups is 5. The van der Waals surface area contributed by atoms with Crippen LogP contribution in [0.1, 0.15) is 180 Å². The van der Waals surface area contributed by atoms with E-state index < -0.39 is 171 Å². The van der Waals surface area contributed by atoms with E-state index in [0.29, 0.717) is 0 Å². The van der Waals surface area contributed by atoms with Crippen molar-refractivity contribution in [2.75, 3.05) is 7.11 Å². The summed E-state index contributed by atoms with van der Waals surface area (Å²) in [5.74, 6) is -22.6. The van der Waals surface area contributed by atoms with E-state index in [2.05, 4.69) is 0 Å². The first kappa shape index (κ1) is 74.3. The third-order valence-electron chi connectivity index (χ3n) is 24.7. The van der Waals surface area contributed by atoms with E-state index in [1.54, 1.807) is 0 Å². The summed E-state index contributed by atoms with van der Waals surface area (Å²) in [5.41, 5.74) is -62.6. The van der Waals surface area contributed by atoms with Crippen molar-refractivity contribution in [3.8, 4) is 0 Å². The largest absolute Gasteiger partial charge is 0.479 e. The van der Waals surface area contributed by atoms with Crippen LogP contribution in [0.5, 0.6) is 0 Å².